The summed E-state index contributed by atoms with van der Waals surface area (Å²) in [5.74, 6) is 0.333. The fourth-order valence-corrected chi connectivity index (χ4v) is 9.31. The Bertz CT molecular complexity index is 2910. The molecule has 11 rings (SSSR count). The number of fused-ring (bicyclic) bond motifs is 5. The first-order valence-corrected chi connectivity index (χ1v) is 20.2. The number of allylic oxidation sites excluding steroid dienone is 2. The van der Waals surface area contributed by atoms with Crippen LogP contribution in [-0.2, 0) is 0 Å². The highest BCUT2D eigenvalue weighted by molar-refractivity contribution is 5.99. The predicted octanol–water partition coefficient (Wildman–Crippen LogP) is 15.2. The molecule has 0 spiro atoms. The first kappa shape index (κ1) is 33.9. The van der Waals surface area contributed by atoms with Gasteiger partial charge in [0.2, 0.25) is 0 Å². The molecule has 0 N–H and O–H groups in total. The standard InChI is InChI=1S/C56H40N2/c1-3-23-47-39(15-1)17-13-28-49(47)42-19-11-21-45(37-42)57(46-22-12-20-43(38-46)50-29-14-18-40-16-2-4-24-48(40)50)44-35-33-41(34-36-44)51-25-5-8-30-54(51)58-55-31-9-6-26-52(55)53-27-7-10-32-56(53)58/h1-38,52,55H. The van der Waals surface area contributed by atoms with E-state index < -0.39 is 0 Å². The lowest BCUT2D eigenvalue weighted by Crippen LogP contribution is -2.28. The minimum atomic E-state index is 0.237. The van der Waals surface area contributed by atoms with Crippen LogP contribution in [0, 0.1) is 0 Å². The van der Waals surface area contributed by atoms with Crippen molar-refractivity contribution in [2.75, 3.05) is 9.80 Å². The van der Waals surface area contributed by atoms with E-state index in [1.807, 2.05) is 0 Å². The van der Waals surface area contributed by atoms with Crippen LogP contribution in [0.5, 0.6) is 0 Å². The van der Waals surface area contributed by atoms with E-state index in [0.29, 0.717) is 5.92 Å². The van der Waals surface area contributed by atoms with Gasteiger partial charge in [0.05, 0.1) is 6.04 Å². The Hall–Kier alpha value is -7.42. The van der Waals surface area contributed by atoms with Crippen molar-refractivity contribution in [1.82, 2.24) is 0 Å². The molecule has 2 aliphatic rings. The number of hydrogen-bond acceptors (Lipinski definition) is 2. The van der Waals surface area contributed by atoms with Crippen molar-refractivity contribution in [2.45, 2.75) is 12.0 Å². The lowest BCUT2D eigenvalue weighted by Gasteiger charge is -2.31. The van der Waals surface area contributed by atoms with Gasteiger partial charge in [0.1, 0.15) is 0 Å². The Balaban J connectivity index is 1.04. The molecule has 274 valence electrons. The SMILES string of the molecule is C1=CC2c3ccccc3N(c3ccccc3-c3ccc(N(c4cccc(-c5cccc6ccccc56)c4)c4cccc(-c5cccc6ccccc56)c4)cc3)C2C=C1. The van der Waals surface area contributed by atoms with Crippen LogP contribution in [0.1, 0.15) is 11.5 Å². The Kier molecular flexibility index (Phi) is 8.33. The van der Waals surface area contributed by atoms with E-state index in [1.54, 1.807) is 0 Å². The van der Waals surface area contributed by atoms with Gasteiger partial charge in [-0.3, -0.25) is 0 Å². The molecule has 2 atom stereocenters. The summed E-state index contributed by atoms with van der Waals surface area (Å²) in [7, 11) is 0. The summed E-state index contributed by atoms with van der Waals surface area (Å²) < 4.78 is 0. The quantitative estimate of drug-likeness (QED) is 0.161. The molecule has 1 heterocycles. The molecule has 1 aliphatic carbocycles. The van der Waals surface area contributed by atoms with Gasteiger partial charge in [-0.05, 0) is 103 Å². The topological polar surface area (TPSA) is 6.48 Å². The van der Waals surface area contributed by atoms with E-state index in [0.717, 1.165) is 17.1 Å². The third kappa shape index (κ3) is 5.81. The number of benzene rings is 9. The minimum absolute atomic E-state index is 0.237. The van der Waals surface area contributed by atoms with Crippen LogP contribution in [0.15, 0.2) is 231 Å². The van der Waals surface area contributed by atoms with Gasteiger partial charge in [-0.1, -0.05) is 182 Å². The Morgan fingerprint density at radius 2 is 0.879 bits per heavy atom. The fourth-order valence-electron chi connectivity index (χ4n) is 9.31. The largest absolute Gasteiger partial charge is 0.333 e. The zero-order valence-corrected chi connectivity index (χ0v) is 32.0. The second-order valence-electron chi connectivity index (χ2n) is 15.3. The molecule has 0 saturated heterocycles. The van der Waals surface area contributed by atoms with Crippen molar-refractivity contribution in [3.63, 3.8) is 0 Å². The molecule has 9 aromatic carbocycles. The molecule has 0 aromatic heterocycles. The smallest absolute Gasteiger partial charge is 0.0629 e. The van der Waals surface area contributed by atoms with Crippen LogP contribution in [-0.4, -0.2) is 6.04 Å². The van der Waals surface area contributed by atoms with Crippen molar-refractivity contribution in [2.24, 2.45) is 0 Å². The Morgan fingerprint density at radius 1 is 0.362 bits per heavy atom. The molecule has 0 bridgehead atoms. The maximum Gasteiger partial charge on any atom is 0.0629 e. The van der Waals surface area contributed by atoms with E-state index in [4.69, 9.17) is 0 Å². The normalized spacial score (nSPS) is 15.4. The Labute approximate surface area is 339 Å². The van der Waals surface area contributed by atoms with Crippen LogP contribution in [0.2, 0.25) is 0 Å². The average Bonchev–Trinajstić information content (AvgIpc) is 3.63. The van der Waals surface area contributed by atoms with Gasteiger partial charge in [-0.2, -0.15) is 0 Å². The molecular weight excluding hydrogens is 701 g/mol. The van der Waals surface area contributed by atoms with Crippen molar-refractivity contribution >= 4 is 50.0 Å². The summed E-state index contributed by atoms with van der Waals surface area (Å²) in [5, 5.41) is 4.98. The highest BCUT2D eigenvalue weighted by Gasteiger charge is 2.37. The third-order valence-corrected chi connectivity index (χ3v) is 12.0. The van der Waals surface area contributed by atoms with Crippen LogP contribution in [0.25, 0.3) is 54.9 Å². The van der Waals surface area contributed by atoms with E-state index in [9.17, 15) is 0 Å². The van der Waals surface area contributed by atoms with Gasteiger partial charge in [0.15, 0.2) is 0 Å². The van der Waals surface area contributed by atoms with Gasteiger partial charge in [-0.15, -0.1) is 0 Å². The second-order valence-corrected chi connectivity index (χ2v) is 15.3. The third-order valence-electron chi connectivity index (χ3n) is 12.0. The molecule has 1 aliphatic heterocycles. The summed E-state index contributed by atoms with van der Waals surface area (Å²) in [6.07, 6.45) is 9.07. The van der Waals surface area contributed by atoms with Crippen molar-refractivity contribution in [1.29, 1.82) is 0 Å². The molecule has 0 radical (unpaired) electrons. The molecule has 0 amide bonds. The van der Waals surface area contributed by atoms with Crippen LogP contribution in [0.3, 0.4) is 0 Å². The number of rotatable bonds is 7. The highest BCUT2D eigenvalue weighted by atomic mass is 15.2. The monoisotopic (exact) mass is 740 g/mol. The van der Waals surface area contributed by atoms with E-state index >= 15 is 0 Å². The van der Waals surface area contributed by atoms with Gasteiger partial charge < -0.3 is 9.80 Å². The molecule has 58 heavy (non-hydrogen) atoms. The summed E-state index contributed by atoms with van der Waals surface area (Å²) >= 11 is 0. The van der Waals surface area contributed by atoms with Gasteiger partial charge in [0, 0.05) is 39.9 Å². The molecule has 2 unspecified atom stereocenters. The highest BCUT2D eigenvalue weighted by Crippen LogP contribution is 2.50. The van der Waals surface area contributed by atoms with Crippen LogP contribution in [0.4, 0.5) is 28.4 Å². The maximum absolute atomic E-state index is 2.53. The number of hydrogen-bond donors (Lipinski definition) is 0. The van der Waals surface area contributed by atoms with E-state index in [1.165, 1.54) is 71.9 Å². The Morgan fingerprint density at radius 3 is 1.55 bits per heavy atom. The lowest BCUT2D eigenvalue weighted by atomic mass is 9.91. The molecule has 2 nitrogen and oxygen atoms in total. The molecule has 0 saturated carbocycles. The minimum Gasteiger partial charge on any atom is -0.333 e. The number of nitrogens with zero attached hydrogens (tertiary/aromatic N) is 2. The molecule has 2 heteroatoms. The number of para-hydroxylation sites is 2. The summed E-state index contributed by atoms with van der Waals surface area (Å²) in [4.78, 5) is 4.94. The van der Waals surface area contributed by atoms with Crippen LogP contribution < -0.4 is 9.80 Å². The van der Waals surface area contributed by atoms with Gasteiger partial charge >= 0.3 is 0 Å². The first-order chi connectivity index (χ1) is 28.8. The van der Waals surface area contributed by atoms with Crippen LogP contribution >= 0.6 is 0 Å². The van der Waals surface area contributed by atoms with E-state index in [-0.39, 0.29) is 6.04 Å². The fraction of sp³-hybridized carbons (Fsp3) is 0.0357. The molecular formula is C56H40N2. The zero-order valence-electron chi connectivity index (χ0n) is 32.0. The van der Waals surface area contributed by atoms with Gasteiger partial charge in [-0.25, -0.2) is 0 Å². The van der Waals surface area contributed by atoms with Crippen molar-refractivity contribution in [3.8, 4) is 33.4 Å². The summed E-state index contributed by atoms with van der Waals surface area (Å²) in [5.41, 5.74) is 14.4. The second kappa shape index (κ2) is 14.3. The molecule has 9 aromatic rings. The van der Waals surface area contributed by atoms with Crippen molar-refractivity contribution in [3.05, 3.63) is 236 Å². The first-order valence-electron chi connectivity index (χ1n) is 20.2. The summed E-state index contributed by atoms with van der Waals surface area (Å²) in [6, 6.07) is 75.6. The lowest BCUT2D eigenvalue weighted by molar-refractivity contribution is 0.745. The predicted molar refractivity (Wildman–Crippen MR) is 246 cm³/mol. The maximum atomic E-state index is 2.53. The van der Waals surface area contributed by atoms with E-state index in [2.05, 4.69) is 240 Å². The van der Waals surface area contributed by atoms with Crippen molar-refractivity contribution < 1.29 is 0 Å². The average molecular weight is 741 g/mol. The zero-order chi connectivity index (χ0) is 38.4. The summed E-state index contributed by atoms with van der Waals surface area (Å²) in [6.45, 7) is 0. The number of anilines is 5. The van der Waals surface area contributed by atoms with Gasteiger partial charge in [0.25, 0.3) is 0 Å². The molecule has 0 fully saturated rings.